The van der Waals surface area contributed by atoms with E-state index in [0.717, 1.165) is 5.56 Å². The molecule has 0 spiro atoms. The van der Waals surface area contributed by atoms with Crippen LogP contribution in [-0.4, -0.2) is 24.1 Å². The molecule has 0 aliphatic carbocycles. The van der Waals surface area contributed by atoms with Gasteiger partial charge in [-0.25, -0.2) is 0 Å². The lowest BCUT2D eigenvalue weighted by atomic mass is 9.97. The molecule has 3 heteroatoms. The molecule has 1 aliphatic heterocycles. The van der Waals surface area contributed by atoms with Gasteiger partial charge in [-0.3, -0.25) is 0 Å². The van der Waals surface area contributed by atoms with Crippen LogP contribution in [0.15, 0.2) is 30.3 Å². The molecular weight excluding hydrogens is 276 g/mol. The van der Waals surface area contributed by atoms with Crippen molar-refractivity contribution in [2.24, 2.45) is 0 Å². The molecule has 0 unspecified atom stereocenters. The maximum absolute atomic E-state index is 6.12. The molecule has 0 bridgehead atoms. The zero-order valence-corrected chi connectivity index (χ0v) is 13.6. The highest BCUT2D eigenvalue weighted by Crippen LogP contribution is 2.31. The summed E-state index contributed by atoms with van der Waals surface area (Å²) in [7, 11) is 0. The van der Waals surface area contributed by atoms with Gasteiger partial charge in [-0.05, 0) is 33.3 Å². The second kappa shape index (κ2) is 6.99. The van der Waals surface area contributed by atoms with E-state index < -0.39 is 11.4 Å². The van der Waals surface area contributed by atoms with Crippen LogP contribution in [0.5, 0.6) is 0 Å². The number of hydrogen-bond donors (Lipinski definition) is 0. The van der Waals surface area contributed by atoms with Crippen LogP contribution in [0.2, 0.25) is 0 Å². The summed E-state index contributed by atoms with van der Waals surface area (Å²) in [6, 6.07) is 9.97. The Labute approximate surface area is 133 Å². The van der Waals surface area contributed by atoms with Crippen molar-refractivity contribution in [3.63, 3.8) is 0 Å². The standard InChI is InChI=1S/C19H22O3/c1-5-12-19(13-6-2,17-15-20-18(3,4)22-17)21-14-16-10-8-7-9-11-16/h7-11,17H,14-15H2,1-4H3/t17-/m0/s1. The van der Waals surface area contributed by atoms with Gasteiger partial charge in [0.25, 0.3) is 0 Å². The van der Waals surface area contributed by atoms with E-state index in [1.165, 1.54) is 0 Å². The molecule has 116 valence electrons. The molecule has 0 aromatic heterocycles. The van der Waals surface area contributed by atoms with Crippen LogP contribution in [0.1, 0.15) is 33.3 Å². The monoisotopic (exact) mass is 298 g/mol. The van der Waals surface area contributed by atoms with Gasteiger partial charge < -0.3 is 14.2 Å². The first-order valence-electron chi connectivity index (χ1n) is 7.39. The van der Waals surface area contributed by atoms with Crippen molar-refractivity contribution in [1.29, 1.82) is 0 Å². The summed E-state index contributed by atoms with van der Waals surface area (Å²) in [5, 5.41) is 0. The average Bonchev–Trinajstić information content (AvgIpc) is 2.87. The highest BCUT2D eigenvalue weighted by molar-refractivity contribution is 5.33. The third-order valence-corrected chi connectivity index (χ3v) is 3.39. The largest absolute Gasteiger partial charge is 0.348 e. The Hall–Kier alpha value is -1.78. The molecule has 2 rings (SSSR count). The Morgan fingerprint density at radius 2 is 1.82 bits per heavy atom. The minimum absolute atomic E-state index is 0.342. The molecule has 1 aliphatic rings. The van der Waals surface area contributed by atoms with Crippen molar-refractivity contribution in [2.75, 3.05) is 6.61 Å². The van der Waals surface area contributed by atoms with E-state index in [4.69, 9.17) is 14.2 Å². The van der Waals surface area contributed by atoms with Crippen molar-refractivity contribution in [2.45, 2.75) is 51.8 Å². The van der Waals surface area contributed by atoms with Gasteiger partial charge in [-0.1, -0.05) is 42.2 Å². The topological polar surface area (TPSA) is 27.7 Å². The summed E-state index contributed by atoms with van der Waals surface area (Å²) in [6.45, 7) is 8.15. The fourth-order valence-electron chi connectivity index (χ4n) is 2.39. The lowest BCUT2D eigenvalue weighted by Crippen LogP contribution is -2.45. The minimum Gasteiger partial charge on any atom is -0.348 e. The van der Waals surface area contributed by atoms with E-state index in [1.807, 2.05) is 44.2 Å². The highest BCUT2D eigenvalue weighted by atomic mass is 16.8. The van der Waals surface area contributed by atoms with Crippen LogP contribution < -0.4 is 0 Å². The predicted octanol–water partition coefficient (Wildman–Crippen LogP) is 3.14. The summed E-state index contributed by atoms with van der Waals surface area (Å²) >= 11 is 0. The molecule has 0 saturated carbocycles. The van der Waals surface area contributed by atoms with Gasteiger partial charge in [0.15, 0.2) is 5.79 Å². The SMILES string of the molecule is CC#CC(C#CC)(OCc1ccccc1)[C@@H]1COC(C)(C)O1. The summed E-state index contributed by atoms with van der Waals surface area (Å²) in [5.41, 5.74) is 0.0912. The lowest BCUT2D eigenvalue weighted by molar-refractivity contribution is -0.161. The van der Waals surface area contributed by atoms with E-state index in [1.54, 1.807) is 13.8 Å². The van der Waals surface area contributed by atoms with E-state index in [9.17, 15) is 0 Å². The minimum atomic E-state index is -0.979. The molecule has 3 nitrogen and oxygen atoms in total. The van der Waals surface area contributed by atoms with Crippen LogP contribution in [0.3, 0.4) is 0 Å². The van der Waals surface area contributed by atoms with E-state index >= 15 is 0 Å². The van der Waals surface area contributed by atoms with Crippen LogP contribution in [0.25, 0.3) is 0 Å². The first-order chi connectivity index (χ1) is 10.5. The molecule has 0 amide bonds. The maximum atomic E-state index is 6.12. The van der Waals surface area contributed by atoms with E-state index in [-0.39, 0.29) is 6.10 Å². The highest BCUT2D eigenvalue weighted by Gasteiger charge is 2.46. The number of ether oxygens (including phenoxy) is 3. The van der Waals surface area contributed by atoms with Crippen LogP contribution in [0, 0.1) is 23.7 Å². The Morgan fingerprint density at radius 3 is 2.32 bits per heavy atom. The second-order valence-electron chi connectivity index (χ2n) is 5.58. The van der Waals surface area contributed by atoms with Gasteiger partial charge in [-0.15, -0.1) is 11.8 Å². The molecule has 1 atom stereocenters. The van der Waals surface area contributed by atoms with E-state index in [2.05, 4.69) is 23.7 Å². The Balaban J connectivity index is 2.24. The first-order valence-corrected chi connectivity index (χ1v) is 7.39. The Morgan fingerprint density at radius 1 is 1.18 bits per heavy atom. The molecule has 1 saturated heterocycles. The van der Waals surface area contributed by atoms with Gasteiger partial charge in [-0.2, -0.15) is 0 Å². The fourth-order valence-corrected chi connectivity index (χ4v) is 2.39. The number of hydrogen-bond acceptors (Lipinski definition) is 3. The zero-order chi connectivity index (χ0) is 16.1. The van der Waals surface area contributed by atoms with Gasteiger partial charge >= 0.3 is 0 Å². The third kappa shape index (κ3) is 3.90. The van der Waals surface area contributed by atoms with Crippen LogP contribution in [-0.2, 0) is 20.8 Å². The fraction of sp³-hybridized carbons (Fsp3) is 0.474. The van der Waals surface area contributed by atoms with Gasteiger partial charge in [0.05, 0.1) is 13.2 Å². The van der Waals surface area contributed by atoms with Crippen LogP contribution >= 0.6 is 0 Å². The van der Waals surface area contributed by atoms with Gasteiger partial charge in [0.2, 0.25) is 5.60 Å². The van der Waals surface area contributed by atoms with Crippen molar-refractivity contribution >= 4 is 0 Å². The molecular formula is C19H22O3. The summed E-state index contributed by atoms with van der Waals surface area (Å²) in [4.78, 5) is 0. The second-order valence-corrected chi connectivity index (χ2v) is 5.58. The quantitative estimate of drug-likeness (QED) is 0.799. The molecule has 1 fully saturated rings. The molecule has 0 N–H and O–H groups in total. The first kappa shape index (κ1) is 16.6. The molecule has 1 heterocycles. The molecule has 1 aromatic carbocycles. The van der Waals surface area contributed by atoms with E-state index in [0.29, 0.717) is 13.2 Å². The Bertz CT molecular complexity index is 591. The Kier molecular flexibility index (Phi) is 5.27. The normalized spacial score (nSPS) is 19.7. The molecule has 22 heavy (non-hydrogen) atoms. The smallest absolute Gasteiger partial charge is 0.219 e. The zero-order valence-electron chi connectivity index (χ0n) is 13.6. The number of benzene rings is 1. The van der Waals surface area contributed by atoms with Gasteiger partial charge in [0, 0.05) is 0 Å². The maximum Gasteiger partial charge on any atom is 0.219 e. The van der Waals surface area contributed by atoms with Crippen molar-refractivity contribution < 1.29 is 14.2 Å². The third-order valence-electron chi connectivity index (χ3n) is 3.39. The van der Waals surface area contributed by atoms with Crippen LogP contribution in [0.4, 0.5) is 0 Å². The average molecular weight is 298 g/mol. The van der Waals surface area contributed by atoms with Gasteiger partial charge in [0.1, 0.15) is 6.10 Å². The van der Waals surface area contributed by atoms with Crippen molar-refractivity contribution in [3.05, 3.63) is 35.9 Å². The molecule has 0 radical (unpaired) electrons. The predicted molar refractivity (Wildman–Crippen MR) is 85.8 cm³/mol. The molecule has 1 aromatic rings. The summed E-state index contributed by atoms with van der Waals surface area (Å²) in [6.07, 6.45) is -0.342. The van der Waals surface area contributed by atoms with Crippen molar-refractivity contribution in [3.8, 4) is 23.7 Å². The number of rotatable bonds is 4. The summed E-state index contributed by atoms with van der Waals surface area (Å²) in [5.74, 6) is 11.4. The van der Waals surface area contributed by atoms with Crippen molar-refractivity contribution in [1.82, 2.24) is 0 Å². The lowest BCUT2D eigenvalue weighted by Gasteiger charge is -2.29. The summed E-state index contributed by atoms with van der Waals surface area (Å²) < 4.78 is 17.7.